The van der Waals surface area contributed by atoms with E-state index >= 15 is 0 Å². The fourth-order valence-corrected chi connectivity index (χ4v) is 1.54. The molecule has 1 aromatic carbocycles. The number of rotatable bonds is 5. The molecule has 0 atom stereocenters. The number of halogens is 2. The molecule has 0 saturated heterocycles. The Hall–Kier alpha value is -2.70. The third kappa shape index (κ3) is 4.41. The fourth-order valence-electron chi connectivity index (χ4n) is 1.54. The van der Waals surface area contributed by atoms with Crippen molar-refractivity contribution < 1.29 is 27.5 Å². The lowest BCUT2D eigenvalue weighted by atomic mass is 10.2. The van der Waals surface area contributed by atoms with Crippen LogP contribution in [-0.4, -0.2) is 18.5 Å². The molecule has 0 aliphatic carbocycles. The van der Waals surface area contributed by atoms with Crippen LogP contribution < -0.4 is 5.32 Å². The van der Waals surface area contributed by atoms with Gasteiger partial charge >= 0.3 is 5.97 Å². The number of furan rings is 1. The molecule has 1 aromatic heterocycles. The second-order valence-corrected chi connectivity index (χ2v) is 4.09. The quantitative estimate of drug-likeness (QED) is 0.857. The number of hydrogen-bond donors (Lipinski definition) is 1. The van der Waals surface area contributed by atoms with Crippen LogP contribution in [0.3, 0.4) is 0 Å². The number of carbonyl (C=O) groups excluding carboxylic acids is 2. The van der Waals surface area contributed by atoms with E-state index < -0.39 is 30.1 Å². The number of ether oxygens (including phenoxy) is 1. The first kappa shape index (κ1) is 14.7. The van der Waals surface area contributed by atoms with Crippen molar-refractivity contribution in [2.75, 3.05) is 6.61 Å². The zero-order valence-corrected chi connectivity index (χ0v) is 10.8. The third-order valence-corrected chi connectivity index (χ3v) is 2.47. The standard InChI is InChI=1S/C14H11F2NO4/c15-10-4-9(5-11(16)6-10)14(19)21-8-13(18)17-7-12-2-1-3-20-12/h1-6H,7-8H2,(H,17,18). The topological polar surface area (TPSA) is 68.5 Å². The van der Waals surface area contributed by atoms with Crippen LogP contribution in [0.1, 0.15) is 16.1 Å². The fraction of sp³-hybridized carbons (Fsp3) is 0.143. The van der Waals surface area contributed by atoms with Crippen LogP contribution in [0.15, 0.2) is 41.0 Å². The van der Waals surface area contributed by atoms with Crippen molar-refractivity contribution in [1.82, 2.24) is 5.32 Å². The van der Waals surface area contributed by atoms with Crippen LogP contribution in [0.4, 0.5) is 8.78 Å². The Morgan fingerprint density at radius 2 is 1.90 bits per heavy atom. The number of esters is 1. The molecular weight excluding hydrogens is 284 g/mol. The lowest BCUT2D eigenvalue weighted by Gasteiger charge is -2.06. The van der Waals surface area contributed by atoms with E-state index in [0.29, 0.717) is 11.8 Å². The molecule has 0 aliphatic heterocycles. The molecule has 0 saturated carbocycles. The molecule has 0 spiro atoms. The van der Waals surface area contributed by atoms with Crippen LogP contribution >= 0.6 is 0 Å². The Morgan fingerprint density at radius 3 is 2.52 bits per heavy atom. The Kier molecular flexibility index (Phi) is 4.65. The van der Waals surface area contributed by atoms with Crippen molar-refractivity contribution in [3.8, 4) is 0 Å². The van der Waals surface area contributed by atoms with Crippen molar-refractivity contribution in [1.29, 1.82) is 0 Å². The summed E-state index contributed by atoms with van der Waals surface area (Å²) in [4.78, 5) is 23.0. The van der Waals surface area contributed by atoms with Gasteiger partial charge in [0.1, 0.15) is 17.4 Å². The molecule has 21 heavy (non-hydrogen) atoms. The van der Waals surface area contributed by atoms with Crippen molar-refractivity contribution in [3.05, 3.63) is 59.6 Å². The maximum atomic E-state index is 12.9. The van der Waals surface area contributed by atoms with E-state index in [0.717, 1.165) is 12.1 Å². The largest absolute Gasteiger partial charge is 0.467 e. The lowest BCUT2D eigenvalue weighted by molar-refractivity contribution is -0.124. The molecule has 5 nitrogen and oxygen atoms in total. The van der Waals surface area contributed by atoms with Crippen LogP contribution in [0, 0.1) is 11.6 Å². The highest BCUT2D eigenvalue weighted by atomic mass is 19.1. The first-order valence-electron chi connectivity index (χ1n) is 5.97. The maximum absolute atomic E-state index is 12.9. The summed E-state index contributed by atoms with van der Waals surface area (Å²) in [5, 5.41) is 2.46. The molecule has 1 amide bonds. The van der Waals surface area contributed by atoms with E-state index in [9.17, 15) is 18.4 Å². The summed E-state index contributed by atoms with van der Waals surface area (Å²) < 4.78 is 35.5. The van der Waals surface area contributed by atoms with Crippen LogP contribution in [0.25, 0.3) is 0 Å². The highest BCUT2D eigenvalue weighted by Crippen LogP contribution is 2.09. The van der Waals surface area contributed by atoms with E-state index in [-0.39, 0.29) is 12.1 Å². The van der Waals surface area contributed by atoms with Crippen LogP contribution in [0.2, 0.25) is 0 Å². The summed E-state index contributed by atoms with van der Waals surface area (Å²) in [6, 6.07) is 5.62. The van der Waals surface area contributed by atoms with E-state index in [1.165, 1.54) is 6.26 Å². The first-order valence-corrected chi connectivity index (χ1v) is 5.97. The van der Waals surface area contributed by atoms with E-state index in [2.05, 4.69) is 10.1 Å². The predicted octanol–water partition coefficient (Wildman–Crippen LogP) is 2.03. The van der Waals surface area contributed by atoms with Gasteiger partial charge in [0.25, 0.3) is 5.91 Å². The predicted molar refractivity (Wildman–Crippen MR) is 67.2 cm³/mol. The molecule has 2 rings (SSSR count). The van der Waals surface area contributed by atoms with Crippen LogP contribution in [-0.2, 0) is 16.1 Å². The summed E-state index contributed by atoms with van der Waals surface area (Å²) in [5.74, 6) is -2.80. The van der Waals surface area contributed by atoms with Crippen molar-refractivity contribution >= 4 is 11.9 Å². The minimum absolute atomic E-state index is 0.151. The first-order chi connectivity index (χ1) is 10.0. The van der Waals surface area contributed by atoms with Gasteiger partial charge in [0, 0.05) is 6.07 Å². The summed E-state index contributed by atoms with van der Waals surface area (Å²) in [7, 11) is 0. The zero-order valence-electron chi connectivity index (χ0n) is 10.8. The Labute approximate surface area is 118 Å². The minimum atomic E-state index is -0.985. The van der Waals surface area contributed by atoms with Crippen LogP contribution in [0.5, 0.6) is 0 Å². The number of nitrogens with one attached hydrogen (secondary N) is 1. The maximum Gasteiger partial charge on any atom is 0.338 e. The second kappa shape index (κ2) is 6.65. The Bertz CT molecular complexity index is 620. The average molecular weight is 295 g/mol. The number of benzene rings is 1. The van der Waals surface area contributed by atoms with E-state index in [1.54, 1.807) is 12.1 Å². The lowest BCUT2D eigenvalue weighted by Crippen LogP contribution is -2.28. The number of amides is 1. The molecule has 7 heteroatoms. The highest BCUT2D eigenvalue weighted by molar-refractivity contribution is 5.91. The van der Waals surface area contributed by atoms with Gasteiger partial charge in [0.05, 0.1) is 18.4 Å². The molecular formula is C14H11F2NO4. The van der Waals surface area contributed by atoms with E-state index in [1.807, 2.05) is 0 Å². The Balaban J connectivity index is 1.81. The van der Waals surface area contributed by atoms with Gasteiger partial charge in [-0.2, -0.15) is 0 Å². The summed E-state index contributed by atoms with van der Waals surface area (Å²) in [6.45, 7) is -0.407. The molecule has 0 unspecified atom stereocenters. The molecule has 0 bridgehead atoms. The molecule has 1 heterocycles. The van der Waals surface area contributed by atoms with Gasteiger partial charge in [0.15, 0.2) is 6.61 Å². The summed E-state index contributed by atoms with van der Waals surface area (Å²) in [5.41, 5.74) is -0.300. The average Bonchev–Trinajstić information content (AvgIpc) is 2.94. The van der Waals surface area contributed by atoms with Gasteiger partial charge in [-0.25, -0.2) is 13.6 Å². The zero-order chi connectivity index (χ0) is 15.2. The van der Waals surface area contributed by atoms with Crippen molar-refractivity contribution in [2.24, 2.45) is 0 Å². The second-order valence-electron chi connectivity index (χ2n) is 4.09. The molecule has 110 valence electrons. The smallest absolute Gasteiger partial charge is 0.338 e. The number of hydrogen-bond acceptors (Lipinski definition) is 4. The normalized spacial score (nSPS) is 10.2. The van der Waals surface area contributed by atoms with Gasteiger partial charge < -0.3 is 14.5 Å². The monoisotopic (exact) mass is 295 g/mol. The Morgan fingerprint density at radius 1 is 1.19 bits per heavy atom. The van der Waals surface area contributed by atoms with Gasteiger partial charge in [-0.15, -0.1) is 0 Å². The number of carbonyl (C=O) groups is 2. The third-order valence-electron chi connectivity index (χ3n) is 2.47. The van der Waals surface area contributed by atoms with Gasteiger partial charge in [-0.1, -0.05) is 0 Å². The van der Waals surface area contributed by atoms with E-state index in [4.69, 9.17) is 4.42 Å². The molecule has 2 aromatic rings. The molecule has 0 fully saturated rings. The highest BCUT2D eigenvalue weighted by Gasteiger charge is 2.12. The summed E-state index contributed by atoms with van der Waals surface area (Å²) >= 11 is 0. The van der Waals surface area contributed by atoms with Crippen molar-refractivity contribution in [3.63, 3.8) is 0 Å². The van der Waals surface area contributed by atoms with Gasteiger partial charge in [0.2, 0.25) is 0 Å². The SMILES string of the molecule is O=C(COC(=O)c1cc(F)cc(F)c1)NCc1ccco1. The molecule has 0 radical (unpaired) electrons. The van der Waals surface area contributed by atoms with Gasteiger partial charge in [-0.05, 0) is 24.3 Å². The summed E-state index contributed by atoms with van der Waals surface area (Å²) in [6.07, 6.45) is 1.46. The van der Waals surface area contributed by atoms with Gasteiger partial charge in [-0.3, -0.25) is 4.79 Å². The molecule has 1 N–H and O–H groups in total. The minimum Gasteiger partial charge on any atom is -0.467 e. The molecule has 0 aliphatic rings. The van der Waals surface area contributed by atoms with Crippen molar-refractivity contribution in [2.45, 2.75) is 6.54 Å².